The highest BCUT2D eigenvalue weighted by Gasteiger charge is 2.10. The number of nitrogens with zero attached hydrogens (tertiary/aromatic N) is 3. The summed E-state index contributed by atoms with van der Waals surface area (Å²) in [6.45, 7) is 7.37. The molecule has 0 aliphatic heterocycles. The number of pyridine rings is 1. The summed E-state index contributed by atoms with van der Waals surface area (Å²) in [6, 6.07) is 2.01. The lowest BCUT2D eigenvalue weighted by Crippen LogP contribution is -2.04. The molecule has 0 aromatic carbocycles. The largest absolute Gasteiger partial charge is 0.435 e. The first-order valence-electron chi connectivity index (χ1n) is 6.51. The molecule has 0 spiro atoms. The molecule has 0 bridgehead atoms. The Hall–Kier alpha value is -1.88. The van der Waals surface area contributed by atoms with E-state index in [1.807, 2.05) is 30.8 Å². The number of rotatable bonds is 5. The summed E-state index contributed by atoms with van der Waals surface area (Å²) in [6.07, 6.45) is 4.62. The average Bonchev–Trinajstić information content (AvgIpc) is 2.76. The highest BCUT2D eigenvalue weighted by Crippen LogP contribution is 2.25. The third-order valence-corrected chi connectivity index (χ3v) is 2.92. The lowest BCUT2D eigenvalue weighted by molar-refractivity contribution is 0.453. The van der Waals surface area contributed by atoms with Crippen LogP contribution in [0.25, 0.3) is 0 Å². The van der Waals surface area contributed by atoms with Crippen LogP contribution in [-0.2, 0) is 13.1 Å². The van der Waals surface area contributed by atoms with Gasteiger partial charge in [0.2, 0.25) is 5.88 Å². The molecule has 2 N–H and O–H groups in total. The van der Waals surface area contributed by atoms with Gasteiger partial charge in [-0.25, -0.2) is 4.98 Å². The summed E-state index contributed by atoms with van der Waals surface area (Å²) < 4.78 is 7.68. The van der Waals surface area contributed by atoms with Crippen LogP contribution < -0.4 is 10.5 Å². The van der Waals surface area contributed by atoms with Crippen molar-refractivity contribution in [3.63, 3.8) is 0 Å². The Balaban J connectivity index is 2.26. The summed E-state index contributed by atoms with van der Waals surface area (Å²) in [7, 11) is 0. The van der Waals surface area contributed by atoms with Crippen molar-refractivity contribution in [3.8, 4) is 11.6 Å². The third-order valence-electron chi connectivity index (χ3n) is 2.92. The van der Waals surface area contributed by atoms with Gasteiger partial charge >= 0.3 is 0 Å². The van der Waals surface area contributed by atoms with Crippen LogP contribution in [0.4, 0.5) is 0 Å². The van der Waals surface area contributed by atoms with E-state index in [1.54, 1.807) is 6.20 Å². The molecule has 2 aromatic heterocycles. The van der Waals surface area contributed by atoms with Crippen LogP contribution in [0.3, 0.4) is 0 Å². The van der Waals surface area contributed by atoms with Crippen molar-refractivity contribution >= 4 is 0 Å². The van der Waals surface area contributed by atoms with Gasteiger partial charge in [0, 0.05) is 24.3 Å². The molecular formula is C14H20N4O. The zero-order valence-corrected chi connectivity index (χ0v) is 11.7. The Bertz CT molecular complexity index is 563. The van der Waals surface area contributed by atoms with Gasteiger partial charge in [0.05, 0.1) is 12.4 Å². The predicted molar refractivity (Wildman–Crippen MR) is 74.2 cm³/mol. The number of aromatic nitrogens is 3. The van der Waals surface area contributed by atoms with Gasteiger partial charge in [0.1, 0.15) is 0 Å². The fourth-order valence-electron chi connectivity index (χ4n) is 2.02. The smallest absolute Gasteiger partial charge is 0.224 e. The van der Waals surface area contributed by atoms with E-state index >= 15 is 0 Å². The van der Waals surface area contributed by atoms with Crippen LogP contribution in [0.2, 0.25) is 0 Å². The van der Waals surface area contributed by atoms with Gasteiger partial charge in [0.15, 0.2) is 5.75 Å². The van der Waals surface area contributed by atoms with Crippen molar-refractivity contribution in [2.45, 2.75) is 40.3 Å². The molecular weight excluding hydrogens is 240 g/mol. The summed E-state index contributed by atoms with van der Waals surface area (Å²) in [5.74, 6) is 1.27. The first-order valence-corrected chi connectivity index (χ1v) is 6.51. The molecule has 19 heavy (non-hydrogen) atoms. The Morgan fingerprint density at radius 2 is 2.16 bits per heavy atom. The summed E-state index contributed by atoms with van der Waals surface area (Å²) in [4.78, 5) is 4.42. The second kappa shape index (κ2) is 5.84. The molecule has 2 aromatic rings. The monoisotopic (exact) mass is 260 g/mol. The highest BCUT2D eigenvalue weighted by molar-refractivity contribution is 5.38. The minimum atomic E-state index is 0.414. The van der Waals surface area contributed by atoms with E-state index in [9.17, 15) is 0 Å². The lowest BCUT2D eigenvalue weighted by atomic mass is 10.1. The Labute approximate surface area is 113 Å². The molecule has 0 fully saturated rings. The van der Waals surface area contributed by atoms with Crippen molar-refractivity contribution in [1.29, 1.82) is 0 Å². The van der Waals surface area contributed by atoms with Gasteiger partial charge < -0.3 is 10.5 Å². The predicted octanol–water partition coefficient (Wildman–Crippen LogP) is 2.56. The Morgan fingerprint density at radius 1 is 1.37 bits per heavy atom. The summed E-state index contributed by atoms with van der Waals surface area (Å²) in [5.41, 5.74) is 8.73. The van der Waals surface area contributed by atoms with Crippen LogP contribution in [0.1, 0.15) is 30.2 Å². The molecule has 2 heterocycles. The van der Waals surface area contributed by atoms with Gasteiger partial charge in [-0.2, -0.15) is 5.10 Å². The zero-order valence-electron chi connectivity index (χ0n) is 11.7. The maximum Gasteiger partial charge on any atom is 0.224 e. The van der Waals surface area contributed by atoms with Crippen LogP contribution in [0.5, 0.6) is 11.6 Å². The standard InChI is InChI=1S/C14H20N4O/c1-4-5-18-9-12(8-16-18)19-14-13(7-15)10(2)6-11(3)17-14/h6,8-9H,4-5,7,15H2,1-3H3. The van der Waals surface area contributed by atoms with Crippen LogP contribution in [-0.4, -0.2) is 14.8 Å². The molecule has 0 aliphatic rings. The van der Waals surface area contributed by atoms with Gasteiger partial charge in [-0.3, -0.25) is 4.68 Å². The minimum Gasteiger partial charge on any atom is -0.435 e. The first kappa shape index (κ1) is 13.5. The molecule has 0 atom stereocenters. The van der Waals surface area contributed by atoms with E-state index in [2.05, 4.69) is 17.0 Å². The van der Waals surface area contributed by atoms with E-state index in [-0.39, 0.29) is 0 Å². The van der Waals surface area contributed by atoms with Gasteiger partial charge in [0.25, 0.3) is 0 Å². The first-order chi connectivity index (χ1) is 9.13. The maximum absolute atomic E-state index is 5.81. The number of ether oxygens (including phenoxy) is 1. The molecule has 0 saturated heterocycles. The SMILES string of the molecule is CCCn1cc(Oc2nc(C)cc(C)c2CN)cn1. The Kier molecular flexibility index (Phi) is 4.16. The van der Waals surface area contributed by atoms with Crippen LogP contribution in [0.15, 0.2) is 18.5 Å². The second-order valence-electron chi connectivity index (χ2n) is 4.61. The summed E-state index contributed by atoms with van der Waals surface area (Å²) in [5, 5.41) is 4.24. The van der Waals surface area contributed by atoms with E-state index < -0.39 is 0 Å². The molecule has 0 aliphatic carbocycles. The number of hydrogen-bond acceptors (Lipinski definition) is 4. The topological polar surface area (TPSA) is 66.0 Å². The van der Waals surface area contributed by atoms with Gasteiger partial charge in [-0.05, 0) is 31.9 Å². The molecule has 5 nitrogen and oxygen atoms in total. The number of nitrogens with two attached hydrogens (primary N) is 1. The average molecular weight is 260 g/mol. The van der Waals surface area contributed by atoms with Gasteiger partial charge in [-0.15, -0.1) is 0 Å². The quantitative estimate of drug-likeness (QED) is 0.897. The zero-order chi connectivity index (χ0) is 13.8. The third kappa shape index (κ3) is 3.12. The number of hydrogen-bond donors (Lipinski definition) is 1. The molecule has 0 saturated carbocycles. The van der Waals surface area contributed by atoms with Crippen LogP contribution in [0, 0.1) is 13.8 Å². The van der Waals surface area contributed by atoms with Crippen molar-refractivity contribution in [2.24, 2.45) is 5.73 Å². The minimum absolute atomic E-state index is 0.414. The van der Waals surface area contributed by atoms with E-state index in [1.165, 1.54) is 0 Å². The molecule has 0 unspecified atom stereocenters. The fraction of sp³-hybridized carbons (Fsp3) is 0.429. The van der Waals surface area contributed by atoms with Gasteiger partial charge in [-0.1, -0.05) is 6.92 Å². The van der Waals surface area contributed by atoms with E-state index in [4.69, 9.17) is 10.5 Å². The van der Waals surface area contributed by atoms with Crippen molar-refractivity contribution in [3.05, 3.63) is 35.3 Å². The fourth-order valence-corrected chi connectivity index (χ4v) is 2.02. The molecule has 2 rings (SSSR count). The number of aryl methyl sites for hydroxylation is 3. The maximum atomic E-state index is 5.81. The van der Waals surface area contributed by atoms with Crippen molar-refractivity contribution < 1.29 is 4.74 Å². The van der Waals surface area contributed by atoms with E-state index in [0.717, 1.165) is 29.8 Å². The molecule has 102 valence electrons. The molecule has 0 amide bonds. The summed E-state index contributed by atoms with van der Waals surface area (Å²) >= 11 is 0. The molecule has 0 radical (unpaired) electrons. The Morgan fingerprint density at radius 3 is 2.84 bits per heavy atom. The van der Waals surface area contributed by atoms with Crippen molar-refractivity contribution in [2.75, 3.05) is 0 Å². The normalized spacial score (nSPS) is 10.7. The molecule has 5 heteroatoms. The second-order valence-corrected chi connectivity index (χ2v) is 4.61. The van der Waals surface area contributed by atoms with E-state index in [0.29, 0.717) is 18.2 Å². The van der Waals surface area contributed by atoms with Crippen molar-refractivity contribution in [1.82, 2.24) is 14.8 Å². The highest BCUT2D eigenvalue weighted by atomic mass is 16.5. The van der Waals surface area contributed by atoms with Crippen LogP contribution >= 0.6 is 0 Å². The lowest BCUT2D eigenvalue weighted by Gasteiger charge is -2.11.